The fourth-order valence-electron chi connectivity index (χ4n) is 2.54. The predicted octanol–water partition coefficient (Wildman–Crippen LogP) is 2.65. The number of carbonyl (C=O) groups is 2. The number of hydrogen-bond donors (Lipinski definition) is 1. The summed E-state index contributed by atoms with van der Waals surface area (Å²) in [5.41, 5.74) is 0.763. The van der Waals surface area contributed by atoms with Crippen molar-refractivity contribution in [2.75, 3.05) is 29.6 Å². The molecule has 1 aliphatic rings. The molecule has 1 aromatic carbocycles. The quantitative estimate of drug-likeness (QED) is 0.614. The monoisotopic (exact) mass is 378 g/mol. The Bertz CT molecular complexity index is 763. The second-order valence-corrected chi connectivity index (χ2v) is 7.89. The largest absolute Gasteiger partial charge is 0.497 e. The maximum absolute atomic E-state index is 12.4. The van der Waals surface area contributed by atoms with Crippen LogP contribution in [0.4, 0.5) is 10.8 Å². The number of rotatable bonds is 6. The number of methoxy groups -OCH3 is 1. The highest BCUT2D eigenvalue weighted by molar-refractivity contribution is 8.01. The SMILES string of the molecule is CCSc1nnc(NC(=O)[C@H]2CC(=O)N(c3ccc(OC)cc3)C2)s1. The molecule has 3 rings (SSSR count). The summed E-state index contributed by atoms with van der Waals surface area (Å²) in [6.45, 7) is 2.38. The number of nitrogens with zero attached hydrogens (tertiary/aromatic N) is 3. The zero-order valence-corrected chi connectivity index (χ0v) is 15.5. The zero-order valence-electron chi connectivity index (χ0n) is 13.9. The van der Waals surface area contributed by atoms with Gasteiger partial charge in [-0.1, -0.05) is 30.0 Å². The van der Waals surface area contributed by atoms with Crippen molar-refractivity contribution in [3.63, 3.8) is 0 Å². The van der Waals surface area contributed by atoms with Crippen LogP contribution in [0.15, 0.2) is 28.6 Å². The normalized spacial score (nSPS) is 17.0. The van der Waals surface area contributed by atoms with Gasteiger partial charge in [0, 0.05) is 18.7 Å². The van der Waals surface area contributed by atoms with Gasteiger partial charge in [-0.05, 0) is 30.0 Å². The second kappa shape index (κ2) is 7.83. The van der Waals surface area contributed by atoms with Crippen LogP contribution in [0.2, 0.25) is 0 Å². The topological polar surface area (TPSA) is 84.4 Å². The predicted molar refractivity (Wildman–Crippen MR) is 98.4 cm³/mol. The molecule has 2 aromatic rings. The molecule has 0 saturated carbocycles. The first-order valence-electron chi connectivity index (χ1n) is 7.82. The van der Waals surface area contributed by atoms with Gasteiger partial charge in [0.2, 0.25) is 16.9 Å². The highest BCUT2D eigenvalue weighted by atomic mass is 32.2. The Morgan fingerprint density at radius 2 is 2.16 bits per heavy atom. The number of thioether (sulfide) groups is 1. The van der Waals surface area contributed by atoms with Crippen LogP contribution in [0.25, 0.3) is 0 Å². The van der Waals surface area contributed by atoms with E-state index in [9.17, 15) is 9.59 Å². The van der Waals surface area contributed by atoms with Crippen LogP contribution in [0, 0.1) is 5.92 Å². The molecule has 1 saturated heterocycles. The lowest BCUT2D eigenvalue weighted by molar-refractivity contribution is -0.122. The average Bonchev–Trinajstić information content (AvgIpc) is 3.22. The first kappa shape index (κ1) is 17.7. The third-order valence-electron chi connectivity index (χ3n) is 3.78. The van der Waals surface area contributed by atoms with E-state index in [0.29, 0.717) is 11.7 Å². The van der Waals surface area contributed by atoms with E-state index in [0.717, 1.165) is 21.5 Å². The zero-order chi connectivity index (χ0) is 17.8. The van der Waals surface area contributed by atoms with E-state index in [-0.39, 0.29) is 18.2 Å². The average molecular weight is 378 g/mol. The number of ether oxygens (including phenoxy) is 1. The van der Waals surface area contributed by atoms with Gasteiger partial charge in [-0.25, -0.2) is 0 Å². The minimum Gasteiger partial charge on any atom is -0.497 e. The minimum absolute atomic E-state index is 0.0650. The van der Waals surface area contributed by atoms with Crippen LogP contribution in [0.1, 0.15) is 13.3 Å². The lowest BCUT2D eigenvalue weighted by atomic mass is 10.1. The molecule has 2 heterocycles. The van der Waals surface area contributed by atoms with Crippen LogP contribution < -0.4 is 15.0 Å². The van der Waals surface area contributed by atoms with Gasteiger partial charge in [0.05, 0.1) is 13.0 Å². The van der Waals surface area contributed by atoms with Crippen molar-refractivity contribution < 1.29 is 14.3 Å². The summed E-state index contributed by atoms with van der Waals surface area (Å²) in [7, 11) is 1.59. The van der Waals surface area contributed by atoms with Gasteiger partial charge in [0.15, 0.2) is 4.34 Å². The Kier molecular flexibility index (Phi) is 5.54. The second-order valence-electron chi connectivity index (χ2n) is 5.40. The highest BCUT2D eigenvalue weighted by Gasteiger charge is 2.35. The van der Waals surface area contributed by atoms with Gasteiger partial charge >= 0.3 is 0 Å². The number of anilines is 2. The van der Waals surface area contributed by atoms with Crippen molar-refractivity contribution in [2.45, 2.75) is 17.7 Å². The lowest BCUT2D eigenvalue weighted by Gasteiger charge is -2.16. The van der Waals surface area contributed by atoms with E-state index in [4.69, 9.17) is 4.74 Å². The maximum Gasteiger partial charge on any atom is 0.231 e. The molecule has 9 heteroatoms. The van der Waals surface area contributed by atoms with E-state index < -0.39 is 5.92 Å². The standard InChI is InChI=1S/C16H18N4O3S2/c1-3-24-16-19-18-15(25-16)17-14(22)10-8-13(21)20(9-10)11-4-6-12(23-2)7-5-11/h4-7,10H,3,8-9H2,1-2H3,(H,17,18,22)/t10-/m0/s1. The molecule has 1 fully saturated rings. The lowest BCUT2D eigenvalue weighted by Crippen LogP contribution is -2.28. The molecule has 25 heavy (non-hydrogen) atoms. The molecule has 132 valence electrons. The number of nitrogens with one attached hydrogen (secondary N) is 1. The van der Waals surface area contributed by atoms with E-state index in [2.05, 4.69) is 15.5 Å². The number of carbonyl (C=O) groups excluding carboxylic acids is 2. The van der Waals surface area contributed by atoms with E-state index >= 15 is 0 Å². The van der Waals surface area contributed by atoms with Crippen molar-refractivity contribution >= 4 is 45.7 Å². The highest BCUT2D eigenvalue weighted by Crippen LogP contribution is 2.29. The Morgan fingerprint density at radius 1 is 1.40 bits per heavy atom. The summed E-state index contributed by atoms with van der Waals surface area (Å²) >= 11 is 2.92. The van der Waals surface area contributed by atoms with Gasteiger partial charge in [0.1, 0.15) is 5.75 Å². The molecule has 1 aromatic heterocycles. The van der Waals surface area contributed by atoms with Gasteiger partial charge in [-0.3, -0.25) is 9.59 Å². The number of hydrogen-bond acceptors (Lipinski definition) is 7. The van der Waals surface area contributed by atoms with E-state index in [1.807, 2.05) is 19.1 Å². The Labute approximate surface area is 153 Å². The molecule has 1 aliphatic heterocycles. The smallest absolute Gasteiger partial charge is 0.231 e. The Hall–Kier alpha value is -2.13. The van der Waals surface area contributed by atoms with Crippen LogP contribution in [-0.2, 0) is 9.59 Å². The summed E-state index contributed by atoms with van der Waals surface area (Å²) in [4.78, 5) is 26.3. The number of benzene rings is 1. The molecule has 7 nitrogen and oxygen atoms in total. The van der Waals surface area contributed by atoms with E-state index in [1.54, 1.807) is 35.9 Å². The molecule has 1 N–H and O–H groups in total. The van der Waals surface area contributed by atoms with Crippen molar-refractivity contribution in [2.24, 2.45) is 5.92 Å². The molecule has 1 atom stereocenters. The molecular formula is C16H18N4O3S2. The molecule has 0 aliphatic carbocycles. The molecule has 0 unspecified atom stereocenters. The molecule has 0 radical (unpaired) electrons. The molecule has 0 bridgehead atoms. The van der Waals surface area contributed by atoms with Gasteiger partial charge in [-0.2, -0.15) is 0 Å². The molecular weight excluding hydrogens is 360 g/mol. The van der Waals surface area contributed by atoms with Gasteiger partial charge in [0.25, 0.3) is 0 Å². The van der Waals surface area contributed by atoms with Crippen molar-refractivity contribution in [1.82, 2.24) is 10.2 Å². The minimum atomic E-state index is -0.402. The summed E-state index contributed by atoms with van der Waals surface area (Å²) in [6, 6.07) is 7.22. The Balaban J connectivity index is 1.63. The maximum atomic E-state index is 12.4. The molecule has 0 spiro atoms. The van der Waals surface area contributed by atoms with E-state index in [1.165, 1.54) is 11.3 Å². The van der Waals surface area contributed by atoms with Crippen LogP contribution in [0.5, 0.6) is 5.75 Å². The van der Waals surface area contributed by atoms with Crippen molar-refractivity contribution in [1.29, 1.82) is 0 Å². The summed E-state index contributed by atoms with van der Waals surface area (Å²) < 4.78 is 5.94. The van der Waals surface area contributed by atoms with Crippen LogP contribution >= 0.6 is 23.1 Å². The van der Waals surface area contributed by atoms with Gasteiger partial charge in [-0.15, -0.1) is 10.2 Å². The first-order valence-corrected chi connectivity index (χ1v) is 9.62. The Morgan fingerprint density at radius 3 is 2.84 bits per heavy atom. The fourth-order valence-corrected chi connectivity index (χ4v) is 4.20. The third kappa shape index (κ3) is 4.10. The summed E-state index contributed by atoms with van der Waals surface area (Å²) in [5.74, 6) is 0.956. The third-order valence-corrected chi connectivity index (χ3v) is 5.64. The summed E-state index contributed by atoms with van der Waals surface area (Å²) in [6.07, 6.45) is 0.188. The van der Waals surface area contributed by atoms with Crippen molar-refractivity contribution in [3.05, 3.63) is 24.3 Å². The summed E-state index contributed by atoms with van der Waals surface area (Å²) in [5, 5.41) is 11.2. The van der Waals surface area contributed by atoms with Gasteiger partial charge < -0.3 is 15.0 Å². The van der Waals surface area contributed by atoms with Crippen LogP contribution in [0.3, 0.4) is 0 Å². The number of aromatic nitrogens is 2. The number of amides is 2. The van der Waals surface area contributed by atoms with Crippen LogP contribution in [-0.4, -0.2) is 41.4 Å². The fraction of sp³-hybridized carbons (Fsp3) is 0.375. The first-order chi connectivity index (χ1) is 12.1. The van der Waals surface area contributed by atoms with Crippen molar-refractivity contribution in [3.8, 4) is 5.75 Å². The molecule has 2 amide bonds.